The molecule has 0 radical (unpaired) electrons. The smallest absolute Gasteiger partial charge is 0.335 e. The molecule has 0 aromatic heterocycles. The summed E-state index contributed by atoms with van der Waals surface area (Å²) in [6.45, 7) is 3.37. The summed E-state index contributed by atoms with van der Waals surface area (Å²) in [5.74, 6) is 0.632. The van der Waals surface area contributed by atoms with Crippen LogP contribution in [0.5, 0.6) is 0 Å². The molecule has 5 nitrogen and oxygen atoms in total. The van der Waals surface area contributed by atoms with E-state index in [1.807, 2.05) is 0 Å². The Bertz CT molecular complexity index is 664. The van der Waals surface area contributed by atoms with Gasteiger partial charge in [0.15, 0.2) is 0 Å². The topological polar surface area (TPSA) is 74.7 Å². The van der Waals surface area contributed by atoms with Gasteiger partial charge in [0.2, 0.25) is 10.0 Å². The highest BCUT2D eigenvalue weighted by Crippen LogP contribution is 2.29. The number of benzene rings is 1. The van der Waals surface area contributed by atoms with Gasteiger partial charge in [0, 0.05) is 18.8 Å². The molecule has 0 aliphatic carbocycles. The van der Waals surface area contributed by atoms with Crippen molar-refractivity contribution in [2.24, 2.45) is 0 Å². The van der Waals surface area contributed by atoms with Crippen molar-refractivity contribution < 1.29 is 18.3 Å². The molecule has 1 heterocycles. The van der Waals surface area contributed by atoms with Gasteiger partial charge < -0.3 is 5.11 Å². The van der Waals surface area contributed by atoms with Gasteiger partial charge in [0.25, 0.3) is 0 Å². The van der Waals surface area contributed by atoms with E-state index < -0.39 is 16.0 Å². The molecule has 0 amide bonds. The quantitative estimate of drug-likeness (QED) is 0.916. The zero-order chi connectivity index (χ0) is 15.8. The summed E-state index contributed by atoms with van der Waals surface area (Å²) >= 11 is 1.74. The summed E-state index contributed by atoms with van der Waals surface area (Å²) in [4.78, 5) is 11.3. The van der Waals surface area contributed by atoms with E-state index in [-0.39, 0.29) is 16.5 Å². The van der Waals surface area contributed by atoms with Gasteiger partial charge in [0.1, 0.15) is 0 Å². The van der Waals surface area contributed by atoms with Crippen LogP contribution in [0.25, 0.3) is 0 Å². The number of hydrogen-bond donors (Lipinski definition) is 1. The van der Waals surface area contributed by atoms with E-state index in [4.69, 9.17) is 0 Å². The van der Waals surface area contributed by atoms with E-state index in [2.05, 4.69) is 0 Å². The third kappa shape index (κ3) is 3.09. The number of nitrogens with zero attached hydrogens (tertiary/aromatic N) is 1. The molecule has 0 spiro atoms. The third-order valence-corrected chi connectivity index (χ3v) is 7.03. The standard InChI is InChI=1S/C14H19NO4S2/c1-9-6-10(2)13(7-12(9)14(16)17)21(18,19)15(3)11-4-5-20-8-11/h6-7,11H,4-5,8H2,1-3H3,(H,16,17). The van der Waals surface area contributed by atoms with Gasteiger partial charge in [-0.05, 0) is 43.2 Å². The molecule has 116 valence electrons. The fourth-order valence-corrected chi connectivity index (χ4v) is 5.48. The maximum atomic E-state index is 12.7. The van der Waals surface area contributed by atoms with Crippen LogP contribution < -0.4 is 0 Å². The summed E-state index contributed by atoms with van der Waals surface area (Å²) in [5, 5.41) is 9.19. The zero-order valence-corrected chi connectivity index (χ0v) is 13.9. The monoisotopic (exact) mass is 329 g/mol. The van der Waals surface area contributed by atoms with Crippen LogP contribution in [-0.4, -0.2) is 48.4 Å². The van der Waals surface area contributed by atoms with E-state index in [0.29, 0.717) is 11.1 Å². The van der Waals surface area contributed by atoms with Crippen LogP contribution >= 0.6 is 11.8 Å². The number of aromatic carboxylic acids is 1. The molecule has 2 rings (SSSR count). The largest absolute Gasteiger partial charge is 0.478 e. The molecule has 7 heteroatoms. The average molecular weight is 329 g/mol. The van der Waals surface area contributed by atoms with Crippen molar-refractivity contribution in [1.82, 2.24) is 4.31 Å². The second kappa shape index (κ2) is 5.98. The fraction of sp³-hybridized carbons (Fsp3) is 0.500. The Hall–Kier alpha value is -1.05. The summed E-state index contributed by atoms with van der Waals surface area (Å²) in [5.41, 5.74) is 1.18. The molecule has 21 heavy (non-hydrogen) atoms. The summed E-state index contributed by atoms with van der Waals surface area (Å²) < 4.78 is 26.9. The molecule has 1 fully saturated rings. The Kier molecular flexibility index (Phi) is 4.65. The number of sulfonamides is 1. The first-order valence-electron chi connectivity index (χ1n) is 6.65. The molecular weight excluding hydrogens is 310 g/mol. The van der Waals surface area contributed by atoms with Crippen molar-refractivity contribution in [3.05, 3.63) is 28.8 Å². The van der Waals surface area contributed by atoms with Crippen LogP contribution in [0.2, 0.25) is 0 Å². The van der Waals surface area contributed by atoms with Crippen molar-refractivity contribution in [2.45, 2.75) is 31.2 Å². The normalized spacial score (nSPS) is 19.1. The lowest BCUT2D eigenvalue weighted by Gasteiger charge is -2.24. The number of carboxylic acids is 1. The summed E-state index contributed by atoms with van der Waals surface area (Å²) in [6.07, 6.45) is 0.830. The van der Waals surface area contributed by atoms with Gasteiger partial charge in [-0.25, -0.2) is 13.2 Å². The van der Waals surface area contributed by atoms with Crippen LogP contribution in [0.4, 0.5) is 0 Å². The predicted octanol–water partition coefficient (Wildman–Crippen LogP) is 2.13. The number of rotatable bonds is 4. The predicted molar refractivity (Wildman–Crippen MR) is 83.6 cm³/mol. The van der Waals surface area contributed by atoms with Crippen LogP contribution in [0, 0.1) is 13.8 Å². The van der Waals surface area contributed by atoms with Gasteiger partial charge in [-0.1, -0.05) is 6.07 Å². The Morgan fingerprint density at radius 1 is 1.33 bits per heavy atom. The molecule has 1 saturated heterocycles. The Morgan fingerprint density at radius 3 is 2.52 bits per heavy atom. The lowest BCUT2D eigenvalue weighted by atomic mass is 10.1. The maximum absolute atomic E-state index is 12.7. The SMILES string of the molecule is Cc1cc(C)c(S(=O)(=O)N(C)C2CCSC2)cc1C(=O)O. The molecular formula is C14H19NO4S2. The summed E-state index contributed by atoms with van der Waals surface area (Å²) in [6, 6.07) is 2.88. The van der Waals surface area contributed by atoms with Gasteiger partial charge in [-0.15, -0.1) is 0 Å². The minimum Gasteiger partial charge on any atom is -0.478 e. The van der Waals surface area contributed by atoms with Crippen LogP contribution in [0.3, 0.4) is 0 Å². The summed E-state index contributed by atoms with van der Waals surface area (Å²) in [7, 11) is -2.09. The molecule has 0 bridgehead atoms. The first-order valence-corrected chi connectivity index (χ1v) is 9.25. The van der Waals surface area contributed by atoms with Crippen molar-refractivity contribution in [1.29, 1.82) is 0 Å². The molecule has 1 aliphatic heterocycles. The maximum Gasteiger partial charge on any atom is 0.335 e. The number of carboxylic acid groups (broad SMARTS) is 1. The second-order valence-electron chi connectivity index (χ2n) is 5.28. The van der Waals surface area contributed by atoms with Crippen LogP contribution in [-0.2, 0) is 10.0 Å². The Balaban J connectivity index is 2.48. The number of aryl methyl sites for hydroxylation is 2. The Morgan fingerprint density at radius 2 is 2.00 bits per heavy atom. The molecule has 1 aliphatic rings. The first kappa shape index (κ1) is 16.3. The highest BCUT2D eigenvalue weighted by molar-refractivity contribution is 7.99. The van der Waals surface area contributed by atoms with E-state index in [1.165, 1.54) is 10.4 Å². The van der Waals surface area contributed by atoms with Crippen molar-refractivity contribution in [3.63, 3.8) is 0 Å². The number of carbonyl (C=O) groups is 1. The minimum absolute atomic E-state index is 0.0195. The number of hydrogen-bond acceptors (Lipinski definition) is 4. The fourth-order valence-electron chi connectivity index (χ4n) is 2.50. The van der Waals surface area contributed by atoms with Gasteiger partial charge >= 0.3 is 5.97 Å². The number of thioether (sulfide) groups is 1. The van der Waals surface area contributed by atoms with Gasteiger partial charge in [-0.3, -0.25) is 0 Å². The van der Waals surface area contributed by atoms with E-state index in [9.17, 15) is 18.3 Å². The van der Waals surface area contributed by atoms with E-state index in [1.54, 1.807) is 38.7 Å². The molecule has 0 saturated carbocycles. The van der Waals surface area contributed by atoms with Crippen molar-refractivity contribution in [3.8, 4) is 0 Å². The first-order chi connectivity index (χ1) is 9.75. The lowest BCUT2D eigenvalue weighted by Crippen LogP contribution is -2.37. The third-order valence-electron chi connectivity index (χ3n) is 3.83. The van der Waals surface area contributed by atoms with Crippen LogP contribution in [0.15, 0.2) is 17.0 Å². The Labute approximate surface area is 129 Å². The minimum atomic E-state index is -3.67. The van der Waals surface area contributed by atoms with Gasteiger partial charge in [0.05, 0.1) is 10.5 Å². The van der Waals surface area contributed by atoms with E-state index >= 15 is 0 Å². The average Bonchev–Trinajstić information content (AvgIpc) is 2.90. The lowest BCUT2D eigenvalue weighted by molar-refractivity contribution is 0.0696. The van der Waals surface area contributed by atoms with Gasteiger partial charge in [-0.2, -0.15) is 16.1 Å². The second-order valence-corrected chi connectivity index (χ2v) is 8.39. The molecule has 1 N–H and O–H groups in total. The van der Waals surface area contributed by atoms with E-state index in [0.717, 1.165) is 17.9 Å². The van der Waals surface area contributed by atoms with Crippen molar-refractivity contribution >= 4 is 27.8 Å². The molecule has 1 aromatic carbocycles. The van der Waals surface area contributed by atoms with Crippen molar-refractivity contribution in [2.75, 3.05) is 18.6 Å². The zero-order valence-electron chi connectivity index (χ0n) is 12.3. The van der Waals surface area contributed by atoms with Crippen LogP contribution in [0.1, 0.15) is 27.9 Å². The molecule has 1 atom stereocenters. The highest BCUT2D eigenvalue weighted by atomic mass is 32.2. The molecule has 1 unspecified atom stereocenters. The highest BCUT2D eigenvalue weighted by Gasteiger charge is 2.32. The molecule has 1 aromatic rings.